The zero-order chi connectivity index (χ0) is 23.4. The summed E-state index contributed by atoms with van der Waals surface area (Å²) in [4.78, 5) is 31.9. The van der Waals surface area contributed by atoms with Crippen molar-refractivity contribution in [1.82, 2.24) is 9.88 Å². The molecule has 170 valence electrons. The number of carbonyl (C=O) groups excluding carboxylic acids is 2. The lowest BCUT2D eigenvalue weighted by Gasteiger charge is -2.33. The molecule has 4 rings (SSSR count). The summed E-state index contributed by atoms with van der Waals surface area (Å²) in [6, 6.07) is 15.0. The topological polar surface area (TPSA) is 71.5 Å². The van der Waals surface area contributed by atoms with Gasteiger partial charge in [-0.05, 0) is 61.7 Å². The number of ether oxygens (including phenoxy) is 1. The molecule has 1 aromatic heterocycles. The first kappa shape index (κ1) is 22.5. The van der Waals surface area contributed by atoms with E-state index in [1.807, 2.05) is 30.9 Å². The number of carbonyl (C=O) groups is 2. The van der Waals surface area contributed by atoms with Crippen molar-refractivity contribution in [3.63, 3.8) is 0 Å². The summed E-state index contributed by atoms with van der Waals surface area (Å²) < 4.78 is 6.25. The van der Waals surface area contributed by atoms with Gasteiger partial charge in [-0.2, -0.15) is 0 Å². The van der Waals surface area contributed by atoms with E-state index in [4.69, 9.17) is 4.74 Å². The lowest BCUT2D eigenvalue weighted by molar-refractivity contribution is 0.0595. The van der Waals surface area contributed by atoms with Crippen molar-refractivity contribution in [3.8, 4) is 5.75 Å². The lowest BCUT2D eigenvalue weighted by atomic mass is 10.0. The molecule has 1 fully saturated rings. The van der Waals surface area contributed by atoms with E-state index in [1.54, 1.807) is 30.6 Å². The Hall–Kier alpha value is -3.67. The Labute approximate surface area is 194 Å². The molecule has 1 N–H and O–H groups in total. The van der Waals surface area contributed by atoms with Crippen LogP contribution in [0.15, 0.2) is 60.9 Å². The van der Waals surface area contributed by atoms with E-state index in [1.165, 1.54) is 5.56 Å². The van der Waals surface area contributed by atoms with Gasteiger partial charge in [0.1, 0.15) is 11.9 Å². The fourth-order valence-electron chi connectivity index (χ4n) is 4.06. The minimum absolute atomic E-state index is 0.0751. The molecule has 2 amide bonds. The fraction of sp³-hybridized carbons (Fsp3) is 0.296. The summed E-state index contributed by atoms with van der Waals surface area (Å²) in [6.07, 6.45) is 4.76. The molecule has 2 aromatic carbocycles. The van der Waals surface area contributed by atoms with E-state index in [0.717, 1.165) is 29.7 Å². The first-order valence-corrected chi connectivity index (χ1v) is 11.3. The van der Waals surface area contributed by atoms with Crippen molar-refractivity contribution in [3.05, 3.63) is 88.7 Å². The van der Waals surface area contributed by atoms with Crippen LogP contribution in [0.1, 0.15) is 50.2 Å². The van der Waals surface area contributed by atoms with Crippen molar-refractivity contribution >= 4 is 17.5 Å². The molecule has 2 heterocycles. The summed E-state index contributed by atoms with van der Waals surface area (Å²) >= 11 is 0. The third kappa shape index (κ3) is 5.22. The number of benzene rings is 2. The molecule has 3 aromatic rings. The number of nitrogens with one attached hydrogen (secondary N) is 1. The van der Waals surface area contributed by atoms with E-state index >= 15 is 0 Å². The molecular formula is C27H29N3O3. The SMILES string of the molecule is Cc1ccc(C)c(OC2CCN(C(=O)c3cccc(C)c3NC(=O)c3ccncc3)CC2)c1. The normalized spacial score (nSPS) is 14.1. The highest BCUT2D eigenvalue weighted by Crippen LogP contribution is 2.27. The highest BCUT2D eigenvalue weighted by Gasteiger charge is 2.27. The first-order valence-electron chi connectivity index (χ1n) is 11.3. The van der Waals surface area contributed by atoms with Crippen LogP contribution >= 0.6 is 0 Å². The molecule has 0 atom stereocenters. The fourth-order valence-corrected chi connectivity index (χ4v) is 4.06. The van der Waals surface area contributed by atoms with Crippen LogP contribution in [0.4, 0.5) is 5.69 Å². The number of para-hydroxylation sites is 1. The zero-order valence-corrected chi connectivity index (χ0v) is 19.3. The number of hydrogen-bond acceptors (Lipinski definition) is 4. The summed E-state index contributed by atoms with van der Waals surface area (Å²) in [6.45, 7) is 7.22. The standard InChI is InChI=1S/C27H29N3O3/c1-18-7-8-19(2)24(17-18)33-22-11-15-30(16-12-22)27(32)23-6-4-5-20(3)25(23)29-26(31)21-9-13-28-14-10-21/h4-10,13-14,17,22H,11-12,15-16H2,1-3H3,(H,29,31). The number of hydrogen-bond donors (Lipinski definition) is 1. The van der Waals surface area contributed by atoms with Crippen LogP contribution in [0.3, 0.4) is 0 Å². The number of likely N-dealkylation sites (tertiary alicyclic amines) is 1. The molecule has 0 unspecified atom stereocenters. The van der Waals surface area contributed by atoms with Crippen molar-refractivity contribution in [1.29, 1.82) is 0 Å². The Morgan fingerprint density at radius 2 is 1.70 bits per heavy atom. The van der Waals surface area contributed by atoms with Crippen molar-refractivity contribution in [2.24, 2.45) is 0 Å². The van der Waals surface area contributed by atoms with E-state index in [9.17, 15) is 9.59 Å². The van der Waals surface area contributed by atoms with Crippen LogP contribution in [-0.4, -0.2) is 40.9 Å². The molecule has 1 aliphatic rings. The highest BCUT2D eigenvalue weighted by atomic mass is 16.5. The minimum atomic E-state index is -0.263. The monoisotopic (exact) mass is 443 g/mol. The quantitative estimate of drug-likeness (QED) is 0.606. The molecule has 0 bridgehead atoms. The van der Waals surface area contributed by atoms with Gasteiger partial charge in [-0.15, -0.1) is 0 Å². The second-order valence-corrected chi connectivity index (χ2v) is 8.57. The van der Waals surface area contributed by atoms with Gasteiger partial charge in [-0.25, -0.2) is 0 Å². The number of rotatable bonds is 5. The van der Waals surface area contributed by atoms with Crippen molar-refractivity contribution < 1.29 is 14.3 Å². The molecule has 33 heavy (non-hydrogen) atoms. The van der Waals surface area contributed by atoms with Crippen LogP contribution in [0.25, 0.3) is 0 Å². The molecule has 1 saturated heterocycles. The molecule has 0 aliphatic carbocycles. The molecule has 1 aliphatic heterocycles. The molecule has 6 heteroatoms. The van der Waals surface area contributed by atoms with Crippen LogP contribution in [0.5, 0.6) is 5.75 Å². The van der Waals surface area contributed by atoms with Crippen molar-refractivity contribution in [2.45, 2.75) is 39.7 Å². The Morgan fingerprint density at radius 1 is 0.970 bits per heavy atom. The van der Waals surface area contributed by atoms with Crippen molar-refractivity contribution in [2.75, 3.05) is 18.4 Å². The van der Waals surface area contributed by atoms with E-state index in [0.29, 0.717) is 29.9 Å². The largest absolute Gasteiger partial charge is 0.490 e. The summed E-state index contributed by atoms with van der Waals surface area (Å²) in [5.74, 6) is 0.579. The van der Waals surface area contributed by atoms with Gasteiger partial charge in [0, 0.05) is 43.9 Å². The maximum absolute atomic E-state index is 13.4. The number of aromatic nitrogens is 1. The highest BCUT2D eigenvalue weighted by molar-refractivity contribution is 6.09. The predicted molar refractivity (Wildman–Crippen MR) is 129 cm³/mol. The average molecular weight is 444 g/mol. The van der Waals surface area contributed by atoms with Gasteiger partial charge in [0.25, 0.3) is 11.8 Å². The van der Waals surface area contributed by atoms with Crippen LogP contribution in [0.2, 0.25) is 0 Å². The number of aryl methyl sites for hydroxylation is 3. The van der Waals surface area contributed by atoms with E-state index in [2.05, 4.69) is 35.4 Å². The van der Waals surface area contributed by atoms with Crippen LogP contribution < -0.4 is 10.1 Å². The maximum atomic E-state index is 13.4. The third-order valence-corrected chi connectivity index (χ3v) is 6.05. The molecule has 6 nitrogen and oxygen atoms in total. The number of amides is 2. The molecular weight excluding hydrogens is 414 g/mol. The number of piperidine rings is 1. The summed E-state index contributed by atoms with van der Waals surface area (Å²) in [5.41, 5.74) is 4.69. The predicted octanol–water partition coefficient (Wildman–Crippen LogP) is 4.94. The van der Waals surface area contributed by atoms with Gasteiger partial charge in [-0.1, -0.05) is 24.3 Å². The Morgan fingerprint density at radius 3 is 2.42 bits per heavy atom. The molecule has 0 radical (unpaired) electrons. The first-order chi connectivity index (χ1) is 15.9. The average Bonchev–Trinajstić information content (AvgIpc) is 2.83. The molecule has 0 saturated carbocycles. The van der Waals surface area contributed by atoms with E-state index in [-0.39, 0.29) is 17.9 Å². The summed E-state index contributed by atoms with van der Waals surface area (Å²) in [5, 5.41) is 2.93. The second kappa shape index (κ2) is 9.86. The van der Waals surface area contributed by atoms with Gasteiger partial charge >= 0.3 is 0 Å². The van der Waals surface area contributed by atoms with Crippen LogP contribution in [0, 0.1) is 20.8 Å². The molecule has 0 spiro atoms. The second-order valence-electron chi connectivity index (χ2n) is 8.57. The van der Waals surface area contributed by atoms with Gasteiger partial charge in [0.15, 0.2) is 0 Å². The van der Waals surface area contributed by atoms with Gasteiger partial charge in [0.05, 0.1) is 11.3 Å². The van der Waals surface area contributed by atoms with Gasteiger partial charge in [0.2, 0.25) is 0 Å². The Bertz CT molecular complexity index is 1150. The van der Waals surface area contributed by atoms with Crippen LogP contribution in [-0.2, 0) is 0 Å². The Kier molecular flexibility index (Phi) is 6.73. The zero-order valence-electron chi connectivity index (χ0n) is 19.3. The number of nitrogens with zero attached hydrogens (tertiary/aromatic N) is 2. The smallest absolute Gasteiger partial charge is 0.255 e. The third-order valence-electron chi connectivity index (χ3n) is 6.05. The lowest BCUT2D eigenvalue weighted by Crippen LogP contribution is -2.42. The van der Waals surface area contributed by atoms with E-state index < -0.39 is 0 Å². The summed E-state index contributed by atoms with van der Waals surface area (Å²) in [7, 11) is 0. The number of pyridine rings is 1. The maximum Gasteiger partial charge on any atom is 0.255 e. The minimum Gasteiger partial charge on any atom is -0.490 e. The van der Waals surface area contributed by atoms with Gasteiger partial charge < -0.3 is 15.0 Å². The Balaban J connectivity index is 1.44. The number of anilines is 1. The van der Waals surface area contributed by atoms with Gasteiger partial charge in [-0.3, -0.25) is 14.6 Å².